The van der Waals surface area contributed by atoms with Crippen molar-refractivity contribution >= 4 is 16.3 Å². The normalized spacial score (nSPS) is 12.9. The second-order valence-electron chi connectivity index (χ2n) is 2.37. The van der Waals surface area contributed by atoms with Gasteiger partial charge in [0.15, 0.2) is 0 Å². The summed E-state index contributed by atoms with van der Waals surface area (Å²) in [6.07, 6.45) is 2.82. The molecule has 0 fully saturated rings. The zero-order valence-electron chi connectivity index (χ0n) is 6.70. The van der Waals surface area contributed by atoms with E-state index in [1.807, 2.05) is 6.92 Å². The van der Waals surface area contributed by atoms with Crippen LogP contribution in [0.2, 0.25) is 0 Å². The fourth-order valence-corrected chi connectivity index (χ4v) is 1.20. The number of thiazole rings is 1. The Balaban J connectivity index is 2.50. The van der Waals surface area contributed by atoms with Crippen molar-refractivity contribution in [3.8, 4) is 5.19 Å². The monoisotopic (exact) mass is 172 g/mol. The van der Waals surface area contributed by atoms with Gasteiger partial charge < -0.3 is 10.5 Å². The first-order valence-electron chi connectivity index (χ1n) is 3.60. The van der Waals surface area contributed by atoms with Gasteiger partial charge in [-0.15, -0.1) is 0 Å². The molecule has 4 heteroatoms. The molecule has 0 spiro atoms. The Labute approximate surface area is 70.2 Å². The van der Waals surface area contributed by atoms with E-state index in [2.05, 4.69) is 11.9 Å². The second-order valence-corrected chi connectivity index (χ2v) is 3.39. The summed E-state index contributed by atoms with van der Waals surface area (Å²) in [5.41, 5.74) is 5.47. The molecule has 1 aromatic heterocycles. The zero-order chi connectivity index (χ0) is 8.27. The van der Waals surface area contributed by atoms with Gasteiger partial charge in [0.25, 0.3) is 5.19 Å². The topological polar surface area (TPSA) is 48.1 Å². The average molecular weight is 172 g/mol. The Morgan fingerprint density at radius 2 is 2.55 bits per heavy atom. The highest BCUT2D eigenvalue weighted by Gasteiger charge is 2.03. The van der Waals surface area contributed by atoms with Crippen molar-refractivity contribution in [3.05, 3.63) is 6.20 Å². The lowest BCUT2D eigenvalue weighted by atomic mass is 10.3. The van der Waals surface area contributed by atoms with E-state index in [-0.39, 0.29) is 6.10 Å². The predicted octanol–water partition coefficient (Wildman–Crippen LogP) is 1.90. The molecule has 0 aromatic carbocycles. The lowest BCUT2D eigenvalue weighted by Crippen LogP contribution is -2.09. The molecule has 1 unspecified atom stereocenters. The maximum atomic E-state index is 5.47. The number of hydrogen-bond donors (Lipinski definition) is 1. The standard InChI is InChI=1S/C7H12N2OS/c1-3-5(2)10-7-9-4-6(8)11-7/h4-5H,3,8H2,1-2H3. The van der Waals surface area contributed by atoms with E-state index < -0.39 is 0 Å². The first kappa shape index (κ1) is 8.33. The minimum atomic E-state index is 0.223. The molecule has 0 saturated heterocycles. The van der Waals surface area contributed by atoms with E-state index in [0.29, 0.717) is 10.2 Å². The number of aromatic nitrogens is 1. The van der Waals surface area contributed by atoms with Gasteiger partial charge in [0.05, 0.1) is 12.3 Å². The molecule has 0 aliphatic rings. The fourth-order valence-electron chi connectivity index (χ4n) is 0.580. The molecule has 0 aliphatic carbocycles. The van der Waals surface area contributed by atoms with Gasteiger partial charge in [-0.1, -0.05) is 18.3 Å². The number of nitrogens with two attached hydrogens (primary N) is 1. The molecular formula is C7H12N2OS. The minimum Gasteiger partial charge on any atom is -0.467 e. The summed E-state index contributed by atoms with van der Waals surface area (Å²) in [5.74, 6) is 0. The van der Waals surface area contributed by atoms with Crippen LogP contribution in [0.4, 0.5) is 5.00 Å². The summed E-state index contributed by atoms with van der Waals surface area (Å²) in [4.78, 5) is 3.98. The fraction of sp³-hybridized carbons (Fsp3) is 0.571. The maximum Gasteiger partial charge on any atom is 0.275 e. The van der Waals surface area contributed by atoms with E-state index in [4.69, 9.17) is 10.5 Å². The van der Waals surface area contributed by atoms with Gasteiger partial charge in [0.1, 0.15) is 5.00 Å². The number of anilines is 1. The largest absolute Gasteiger partial charge is 0.467 e. The molecule has 0 bridgehead atoms. The summed E-state index contributed by atoms with van der Waals surface area (Å²) in [7, 11) is 0. The van der Waals surface area contributed by atoms with Crippen LogP contribution in [0.1, 0.15) is 20.3 Å². The van der Waals surface area contributed by atoms with Gasteiger partial charge in [0, 0.05) is 0 Å². The van der Waals surface area contributed by atoms with Crippen molar-refractivity contribution in [1.29, 1.82) is 0 Å². The highest BCUT2D eigenvalue weighted by atomic mass is 32.1. The van der Waals surface area contributed by atoms with Crippen molar-refractivity contribution in [2.75, 3.05) is 5.73 Å². The van der Waals surface area contributed by atoms with Crippen molar-refractivity contribution in [1.82, 2.24) is 4.98 Å². The Morgan fingerprint density at radius 3 is 3.00 bits per heavy atom. The second kappa shape index (κ2) is 3.57. The first-order chi connectivity index (χ1) is 5.22. The lowest BCUT2D eigenvalue weighted by molar-refractivity contribution is 0.216. The van der Waals surface area contributed by atoms with Gasteiger partial charge >= 0.3 is 0 Å². The summed E-state index contributed by atoms with van der Waals surface area (Å²) in [6.45, 7) is 4.08. The molecule has 1 aromatic rings. The number of hydrogen-bond acceptors (Lipinski definition) is 4. The van der Waals surface area contributed by atoms with Gasteiger partial charge in [-0.2, -0.15) is 0 Å². The summed E-state index contributed by atoms with van der Waals surface area (Å²) < 4.78 is 5.41. The van der Waals surface area contributed by atoms with E-state index in [1.54, 1.807) is 6.20 Å². The van der Waals surface area contributed by atoms with Crippen LogP contribution in [-0.2, 0) is 0 Å². The average Bonchev–Trinajstić information content (AvgIpc) is 2.35. The van der Waals surface area contributed by atoms with E-state index in [1.165, 1.54) is 11.3 Å². The van der Waals surface area contributed by atoms with Crippen molar-refractivity contribution in [3.63, 3.8) is 0 Å². The Bertz CT molecular complexity index is 224. The number of ether oxygens (including phenoxy) is 1. The molecule has 11 heavy (non-hydrogen) atoms. The molecule has 1 rings (SSSR count). The van der Waals surface area contributed by atoms with E-state index in [0.717, 1.165) is 6.42 Å². The van der Waals surface area contributed by atoms with Crippen LogP contribution in [-0.4, -0.2) is 11.1 Å². The van der Waals surface area contributed by atoms with Crippen LogP contribution in [0.3, 0.4) is 0 Å². The van der Waals surface area contributed by atoms with Gasteiger partial charge in [-0.05, 0) is 13.3 Å². The Morgan fingerprint density at radius 1 is 1.82 bits per heavy atom. The highest BCUT2D eigenvalue weighted by molar-refractivity contribution is 7.17. The molecule has 1 heterocycles. The minimum absolute atomic E-state index is 0.223. The van der Waals surface area contributed by atoms with Crippen LogP contribution in [0.5, 0.6) is 5.19 Å². The third-order valence-electron chi connectivity index (χ3n) is 1.38. The molecular weight excluding hydrogens is 160 g/mol. The summed E-state index contributed by atoms with van der Waals surface area (Å²) >= 11 is 1.38. The van der Waals surface area contributed by atoms with Gasteiger partial charge in [0.2, 0.25) is 0 Å². The van der Waals surface area contributed by atoms with Crippen molar-refractivity contribution in [2.45, 2.75) is 26.4 Å². The van der Waals surface area contributed by atoms with Crippen molar-refractivity contribution in [2.24, 2.45) is 0 Å². The Hall–Kier alpha value is -0.770. The molecule has 62 valence electrons. The van der Waals surface area contributed by atoms with Gasteiger partial charge in [-0.3, -0.25) is 0 Å². The lowest BCUT2D eigenvalue weighted by Gasteiger charge is -2.07. The highest BCUT2D eigenvalue weighted by Crippen LogP contribution is 2.23. The maximum absolute atomic E-state index is 5.47. The van der Waals surface area contributed by atoms with Crippen LogP contribution >= 0.6 is 11.3 Å². The summed E-state index contributed by atoms with van der Waals surface area (Å²) in [5, 5.41) is 1.36. The molecule has 2 N–H and O–H groups in total. The molecule has 3 nitrogen and oxygen atoms in total. The molecule has 1 atom stereocenters. The number of rotatable bonds is 3. The van der Waals surface area contributed by atoms with Crippen LogP contribution in [0.15, 0.2) is 6.20 Å². The SMILES string of the molecule is CCC(C)Oc1ncc(N)s1. The summed E-state index contributed by atoms with van der Waals surface area (Å²) in [6, 6.07) is 0. The number of nitrogens with zero attached hydrogens (tertiary/aromatic N) is 1. The van der Waals surface area contributed by atoms with Crippen LogP contribution in [0.25, 0.3) is 0 Å². The predicted molar refractivity (Wildman–Crippen MR) is 46.9 cm³/mol. The van der Waals surface area contributed by atoms with Crippen molar-refractivity contribution < 1.29 is 4.74 Å². The first-order valence-corrected chi connectivity index (χ1v) is 4.42. The number of nitrogen functional groups attached to an aromatic ring is 1. The third-order valence-corrected chi connectivity index (χ3v) is 2.10. The Kier molecular flexibility index (Phi) is 2.70. The molecule has 0 radical (unpaired) electrons. The van der Waals surface area contributed by atoms with E-state index in [9.17, 15) is 0 Å². The third kappa shape index (κ3) is 2.38. The molecule has 0 amide bonds. The van der Waals surface area contributed by atoms with E-state index >= 15 is 0 Å². The molecule has 0 saturated carbocycles. The van der Waals surface area contributed by atoms with Gasteiger partial charge in [-0.25, -0.2) is 4.98 Å². The molecule has 0 aliphatic heterocycles. The quantitative estimate of drug-likeness (QED) is 0.757. The smallest absolute Gasteiger partial charge is 0.275 e. The van der Waals surface area contributed by atoms with Crippen LogP contribution in [0, 0.1) is 0 Å². The van der Waals surface area contributed by atoms with Crippen LogP contribution < -0.4 is 10.5 Å². The zero-order valence-corrected chi connectivity index (χ0v) is 7.52.